The summed E-state index contributed by atoms with van der Waals surface area (Å²) in [6.45, 7) is 0. The van der Waals surface area contributed by atoms with Gasteiger partial charge < -0.3 is 4.42 Å². The number of nitrogens with zero attached hydrogens (tertiary/aromatic N) is 1. The third kappa shape index (κ3) is 4.00. The zero-order valence-corrected chi connectivity index (χ0v) is 16.4. The van der Waals surface area contributed by atoms with E-state index in [9.17, 15) is 17.2 Å². The minimum absolute atomic E-state index is 0.00458. The SMILES string of the molecule is NS(=O)(=O)c1ccccc1-c1oc(Cc2ccccc2)nc1-c1cc(F)ccc1F. The van der Waals surface area contributed by atoms with Crippen LogP contribution in [0.1, 0.15) is 11.5 Å². The number of oxazole rings is 1. The van der Waals surface area contributed by atoms with Crippen LogP contribution in [0.4, 0.5) is 8.78 Å². The van der Waals surface area contributed by atoms with Crippen LogP contribution in [0.5, 0.6) is 0 Å². The highest BCUT2D eigenvalue weighted by molar-refractivity contribution is 7.89. The molecule has 4 aromatic rings. The van der Waals surface area contributed by atoms with Crippen LogP contribution in [-0.2, 0) is 16.4 Å². The summed E-state index contributed by atoms with van der Waals surface area (Å²) in [5, 5.41) is 5.34. The molecule has 0 spiro atoms. The van der Waals surface area contributed by atoms with Gasteiger partial charge in [0, 0.05) is 17.5 Å². The molecule has 1 aromatic heterocycles. The summed E-state index contributed by atoms with van der Waals surface area (Å²) < 4.78 is 58.4. The van der Waals surface area contributed by atoms with E-state index in [-0.39, 0.29) is 39.8 Å². The van der Waals surface area contributed by atoms with Crippen molar-refractivity contribution in [1.82, 2.24) is 4.98 Å². The zero-order chi connectivity index (χ0) is 21.3. The Morgan fingerprint density at radius 2 is 1.60 bits per heavy atom. The summed E-state index contributed by atoms with van der Waals surface area (Å²) >= 11 is 0. The number of hydrogen-bond donors (Lipinski definition) is 1. The number of rotatable bonds is 5. The Labute approximate surface area is 171 Å². The minimum Gasteiger partial charge on any atom is -0.440 e. The van der Waals surface area contributed by atoms with E-state index in [2.05, 4.69) is 4.98 Å². The zero-order valence-electron chi connectivity index (χ0n) is 15.5. The highest BCUT2D eigenvalue weighted by Gasteiger charge is 2.25. The molecule has 0 bridgehead atoms. The van der Waals surface area contributed by atoms with Gasteiger partial charge in [-0.1, -0.05) is 42.5 Å². The van der Waals surface area contributed by atoms with Gasteiger partial charge in [0.25, 0.3) is 0 Å². The lowest BCUT2D eigenvalue weighted by molar-refractivity contribution is 0.517. The van der Waals surface area contributed by atoms with Crippen molar-refractivity contribution >= 4 is 10.0 Å². The van der Waals surface area contributed by atoms with Crippen molar-refractivity contribution < 1.29 is 21.6 Å². The van der Waals surface area contributed by atoms with Crippen LogP contribution < -0.4 is 5.14 Å². The van der Waals surface area contributed by atoms with Crippen LogP contribution in [0.25, 0.3) is 22.6 Å². The maximum absolute atomic E-state index is 14.5. The average molecular weight is 426 g/mol. The Kier molecular flexibility index (Phi) is 5.19. The second kappa shape index (κ2) is 7.81. The molecule has 0 aliphatic rings. The largest absolute Gasteiger partial charge is 0.440 e. The van der Waals surface area contributed by atoms with Crippen molar-refractivity contribution in [3.8, 4) is 22.6 Å². The van der Waals surface area contributed by atoms with E-state index in [4.69, 9.17) is 9.56 Å². The molecular weight excluding hydrogens is 410 g/mol. The molecule has 0 unspecified atom stereocenters. The van der Waals surface area contributed by atoms with Gasteiger partial charge in [-0.3, -0.25) is 0 Å². The molecule has 0 saturated carbocycles. The van der Waals surface area contributed by atoms with Crippen molar-refractivity contribution in [2.75, 3.05) is 0 Å². The fraction of sp³-hybridized carbons (Fsp3) is 0.0455. The van der Waals surface area contributed by atoms with Gasteiger partial charge >= 0.3 is 0 Å². The molecule has 152 valence electrons. The number of halogens is 2. The van der Waals surface area contributed by atoms with Crippen LogP contribution in [0.2, 0.25) is 0 Å². The fourth-order valence-electron chi connectivity index (χ4n) is 3.16. The second-order valence-corrected chi connectivity index (χ2v) is 8.14. The molecular formula is C22H16F2N2O3S. The fourth-order valence-corrected chi connectivity index (χ4v) is 3.89. The quantitative estimate of drug-likeness (QED) is 0.508. The summed E-state index contributed by atoms with van der Waals surface area (Å²) in [6, 6.07) is 18.1. The molecule has 30 heavy (non-hydrogen) atoms. The molecule has 0 aliphatic carbocycles. The van der Waals surface area contributed by atoms with Gasteiger partial charge in [0.2, 0.25) is 10.0 Å². The molecule has 0 radical (unpaired) electrons. The van der Waals surface area contributed by atoms with Gasteiger partial charge in [0.1, 0.15) is 17.3 Å². The third-order valence-electron chi connectivity index (χ3n) is 4.49. The number of nitrogens with two attached hydrogens (primary N) is 1. The smallest absolute Gasteiger partial charge is 0.238 e. The maximum Gasteiger partial charge on any atom is 0.238 e. The second-order valence-electron chi connectivity index (χ2n) is 6.61. The van der Waals surface area contributed by atoms with E-state index in [0.717, 1.165) is 23.8 Å². The Bertz CT molecular complexity index is 1320. The summed E-state index contributed by atoms with van der Waals surface area (Å²) in [4.78, 5) is 4.16. The van der Waals surface area contributed by atoms with E-state index in [1.165, 1.54) is 18.2 Å². The number of aromatic nitrogens is 1. The molecule has 0 fully saturated rings. The summed E-state index contributed by atoms with van der Waals surface area (Å²) in [6.07, 6.45) is 0.280. The average Bonchev–Trinajstić information content (AvgIpc) is 3.13. The highest BCUT2D eigenvalue weighted by atomic mass is 32.2. The van der Waals surface area contributed by atoms with Crippen molar-refractivity contribution in [1.29, 1.82) is 0 Å². The molecule has 2 N–H and O–H groups in total. The Morgan fingerprint density at radius 3 is 2.33 bits per heavy atom. The lowest BCUT2D eigenvalue weighted by Crippen LogP contribution is -2.13. The first kappa shape index (κ1) is 19.9. The molecule has 5 nitrogen and oxygen atoms in total. The van der Waals surface area contributed by atoms with E-state index < -0.39 is 21.7 Å². The first-order chi connectivity index (χ1) is 14.3. The highest BCUT2D eigenvalue weighted by Crippen LogP contribution is 2.37. The van der Waals surface area contributed by atoms with E-state index in [0.29, 0.717) is 0 Å². The predicted octanol–water partition coefficient (Wildman–Crippen LogP) is 4.53. The third-order valence-corrected chi connectivity index (χ3v) is 5.46. The van der Waals surface area contributed by atoms with E-state index in [1.54, 1.807) is 6.07 Å². The van der Waals surface area contributed by atoms with E-state index in [1.807, 2.05) is 30.3 Å². The maximum atomic E-state index is 14.5. The van der Waals surface area contributed by atoms with Crippen molar-refractivity contribution in [2.24, 2.45) is 5.14 Å². The van der Waals surface area contributed by atoms with Gasteiger partial charge in [-0.25, -0.2) is 27.3 Å². The van der Waals surface area contributed by atoms with Gasteiger partial charge in [-0.05, 0) is 35.9 Å². The van der Waals surface area contributed by atoms with Gasteiger partial charge in [0.15, 0.2) is 11.7 Å². The number of sulfonamides is 1. The Balaban J connectivity index is 1.95. The molecule has 0 aliphatic heterocycles. The molecule has 1 heterocycles. The van der Waals surface area contributed by atoms with Crippen LogP contribution >= 0.6 is 0 Å². The summed E-state index contributed by atoms with van der Waals surface area (Å²) in [7, 11) is -4.10. The van der Waals surface area contributed by atoms with Crippen LogP contribution in [0, 0.1) is 11.6 Å². The molecule has 0 saturated heterocycles. The van der Waals surface area contributed by atoms with Crippen molar-refractivity contribution in [3.63, 3.8) is 0 Å². The number of benzene rings is 3. The lowest BCUT2D eigenvalue weighted by atomic mass is 10.1. The standard InChI is InChI=1S/C22H16F2N2O3S/c23-15-10-11-18(24)17(13-15)21-22(16-8-4-5-9-19(16)30(25,27)28)29-20(26-21)12-14-6-2-1-3-7-14/h1-11,13H,12H2,(H2,25,27,28). The normalized spacial score (nSPS) is 11.6. The van der Waals surface area contributed by atoms with Crippen molar-refractivity contribution in [2.45, 2.75) is 11.3 Å². The monoisotopic (exact) mass is 426 g/mol. The first-order valence-corrected chi connectivity index (χ1v) is 10.5. The van der Waals surface area contributed by atoms with Gasteiger partial charge in [0.05, 0.1) is 4.90 Å². The molecule has 8 heteroatoms. The van der Waals surface area contributed by atoms with Crippen LogP contribution in [-0.4, -0.2) is 13.4 Å². The number of primary sulfonamides is 1. The van der Waals surface area contributed by atoms with Gasteiger partial charge in [-0.2, -0.15) is 0 Å². The predicted molar refractivity (Wildman–Crippen MR) is 108 cm³/mol. The summed E-state index contributed by atoms with van der Waals surface area (Å²) in [5.41, 5.74) is 0.855. The molecule has 0 atom stereocenters. The Morgan fingerprint density at radius 1 is 0.900 bits per heavy atom. The molecule has 0 amide bonds. The Hall–Kier alpha value is -3.36. The molecule has 4 rings (SSSR count). The van der Waals surface area contributed by atoms with Crippen molar-refractivity contribution in [3.05, 3.63) is 95.9 Å². The van der Waals surface area contributed by atoms with Crippen LogP contribution in [0.3, 0.4) is 0 Å². The van der Waals surface area contributed by atoms with Crippen LogP contribution in [0.15, 0.2) is 82.1 Å². The van der Waals surface area contributed by atoms with E-state index >= 15 is 0 Å². The topological polar surface area (TPSA) is 86.2 Å². The minimum atomic E-state index is -4.10. The number of hydrogen-bond acceptors (Lipinski definition) is 4. The first-order valence-electron chi connectivity index (χ1n) is 8.94. The lowest BCUT2D eigenvalue weighted by Gasteiger charge is -2.07. The van der Waals surface area contributed by atoms with Gasteiger partial charge in [-0.15, -0.1) is 0 Å². The molecule has 3 aromatic carbocycles. The summed E-state index contributed by atoms with van der Waals surface area (Å²) in [5.74, 6) is -1.16.